The minimum Gasteiger partial charge on any atom is -0.356 e. The molecule has 1 aliphatic carbocycles. The molecular weight excluding hydrogens is 342 g/mol. The van der Waals surface area contributed by atoms with Gasteiger partial charge >= 0.3 is 0 Å². The lowest BCUT2D eigenvalue weighted by Crippen LogP contribution is -2.48. The van der Waals surface area contributed by atoms with Gasteiger partial charge in [-0.25, -0.2) is 0 Å². The average molecular weight is 362 g/mol. The summed E-state index contributed by atoms with van der Waals surface area (Å²) in [6.45, 7) is 0.751. The van der Waals surface area contributed by atoms with Gasteiger partial charge in [0.15, 0.2) is 0 Å². The lowest BCUT2D eigenvalue weighted by Gasteiger charge is -2.42. The summed E-state index contributed by atoms with van der Waals surface area (Å²) in [5.41, 5.74) is 1.26. The molecule has 3 nitrogen and oxygen atoms in total. The van der Waals surface area contributed by atoms with Gasteiger partial charge in [0, 0.05) is 29.3 Å². The Hall–Kier alpha value is -1.42. The Bertz CT molecular complexity index is 581. The summed E-state index contributed by atoms with van der Waals surface area (Å²) in [6, 6.07) is 8.38. The van der Waals surface area contributed by atoms with E-state index in [1.807, 2.05) is 0 Å². The Morgan fingerprint density at radius 2 is 2.00 bits per heavy atom. The van der Waals surface area contributed by atoms with Crippen LogP contribution < -0.4 is 5.32 Å². The normalized spacial score (nSPS) is 30.5. The fraction of sp³-hybridized carbons (Fsp3) is 0.444. The van der Waals surface area contributed by atoms with E-state index in [1.54, 1.807) is 0 Å². The van der Waals surface area contributed by atoms with Crippen molar-refractivity contribution in [3.05, 3.63) is 46.5 Å². The van der Waals surface area contributed by atoms with E-state index in [0.29, 0.717) is 12.3 Å². The van der Waals surface area contributed by atoms with E-state index in [9.17, 15) is 9.59 Å². The molecule has 0 unspecified atom stereocenters. The minimum atomic E-state index is -0.00709. The van der Waals surface area contributed by atoms with Crippen LogP contribution in [0.1, 0.15) is 30.7 Å². The van der Waals surface area contributed by atoms with Crippen molar-refractivity contribution in [2.45, 2.75) is 25.2 Å². The second-order valence-electron chi connectivity index (χ2n) is 6.14. The van der Waals surface area contributed by atoms with Gasteiger partial charge in [0.05, 0.1) is 0 Å². The first-order valence-corrected chi connectivity index (χ1v) is 8.65. The summed E-state index contributed by atoms with van der Waals surface area (Å²) in [5, 5.41) is 3.00. The van der Waals surface area contributed by atoms with Crippen LogP contribution in [0.25, 0.3) is 0 Å². The molecule has 1 heterocycles. The first kappa shape index (κ1) is 15.5. The molecule has 1 amide bonds. The summed E-state index contributed by atoms with van der Waals surface area (Å²) in [4.78, 5) is 23.1. The fourth-order valence-electron chi connectivity index (χ4n) is 3.87. The lowest BCUT2D eigenvalue weighted by molar-refractivity contribution is -0.131. The summed E-state index contributed by atoms with van der Waals surface area (Å²) in [6.07, 6.45) is 7.64. The third-order valence-electron chi connectivity index (χ3n) is 4.90. The lowest BCUT2D eigenvalue weighted by atomic mass is 9.64. The van der Waals surface area contributed by atoms with E-state index < -0.39 is 0 Å². The number of nitrogens with one attached hydrogen (secondary N) is 1. The molecule has 1 aromatic carbocycles. The molecule has 0 aromatic heterocycles. The highest BCUT2D eigenvalue weighted by Crippen LogP contribution is 2.44. The summed E-state index contributed by atoms with van der Waals surface area (Å²) in [7, 11) is 0. The number of aldehydes is 1. The zero-order valence-electron chi connectivity index (χ0n) is 12.4. The van der Waals surface area contributed by atoms with Crippen molar-refractivity contribution >= 4 is 28.1 Å². The minimum absolute atomic E-state index is 0.00709. The Labute approximate surface area is 139 Å². The standard InChI is InChI=1S/C18H20BrNO2/c19-14-6-3-12(4-7-14)15-8-5-13(2-1-11-21)17-16(15)9-10-20-18(17)22/h3-8,11,13,15-17H,1-2,9-10H2,(H,20,22)/t13-,15-,16-,17-/m1/s1. The molecule has 3 rings (SSSR count). The Morgan fingerprint density at radius 1 is 1.23 bits per heavy atom. The predicted molar refractivity (Wildman–Crippen MR) is 89.4 cm³/mol. The van der Waals surface area contributed by atoms with Crippen LogP contribution in [-0.4, -0.2) is 18.7 Å². The molecule has 0 radical (unpaired) electrons. The monoisotopic (exact) mass is 361 g/mol. The number of halogens is 1. The van der Waals surface area contributed by atoms with E-state index in [1.165, 1.54) is 5.56 Å². The topological polar surface area (TPSA) is 46.2 Å². The van der Waals surface area contributed by atoms with Gasteiger partial charge in [0.2, 0.25) is 5.91 Å². The number of piperidine rings is 1. The van der Waals surface area contributed by atoms with Crippen molar-refractivity contribution < 1.29 is 9.59 Å². The number of carbonyl (C=O) groups is 2. The first-order valence-electron chi connectivity index (χ1n) is 7.86. The molecule has 1 aromatic rings. The third-order valence-corrected chi connectivity index (χ3v) is 5.43. The van der Waals surface area contributed by atoms with Gasteiger partial charge < -0.3 is 10.1 Å². The Morgan fingerprint density at radius 3 is 2.73 bits per heavy atom. The maximum absolute atomic E-state index is 12.4. The van der Waals surface area contributed by atoms with Crippen molar-refractivity contribution in [2.75, 3.05) is 6.54 Å². The number of rotatable bonds is 4. The molecule has 1 N–H and O–H groups in total. The van der Waals surface area contributed by atoms with Gasteiger partial charge in [-0.15, -0.1) is 0 Å². The number of hydrogen-bond acceptors (Lipinski definition) is 2. The summed E-state index contributed by atoms with van der Waals surface area (Å²) in [5.74, 6) is 0.946. The first-order chi connectivity index (χ1) is 10.7. The Balaban J connectivity index is 1.90. The third kappa shape index (κ3) is 3.02. The maximum atomic E-state index is 12.4. The zero-order chi connectivity index (χ0) is 15.5. The molecule has 2 aliphatic rings. The van der Waals surface area contributed by atoms with Crippen LogP contribution >= 0.6 is 15.9 Å². The van der Waals surface area contributed by atoms with Gasteiger partial charge in [-0.2, -0.15) is 0 Å². The molecule has 0 spiro atoms. The van der Waals surface area contributed by atoms with Crippen molar-refractivity contribution in [1.29, 1.82) is 0 Å². The largest absolute Gasteiger partial charge is 0.356 e. The van der Waals surface area contributed by atoms with Gasteiger partial charge in [-0.3, -0.25) is 4.79 Å². The van der Waals surface area contributed by atoms with Crippen LogP contribution in [0.15, 0.2) is 40.9 Å². The van der Waals surface area contributed by atoms with E-state index in [-0.39, 0.29) is 23.7 Å². The highest BCUT2D eigenvalue weighted by atomic mass is 79.9. The van der Waals surface area contributed by atoms with Crippen LogP contribution in [-0.2, 0) is 9.59 Å². The molecule has 116 valence electrons. The number of benzene rings is 1. The van der Waals surface area contributed by atoms with Gasteiger partial charge in [-0.05, 0) is 42.4 Å². The number of amides is 1. The highest BCUT2D eigenvalue weighted by Gasteiger charge is 2.42. The van der Waals surface area contributed by atoms with E-state index in [4.69, 9.17) is 0 Å². The average Bonchev–Trinajstić information content (AvgIpc) is 2.54. The second kappa shape index (κ2) is 6.78. The van der Waals surface area contributed by atoms with Crippen molar-refractivity contribution in [2.24, 2.45) is 17.8 Å². The fourth-order valence-corrected chi connectivity index (χ4v) is 4.14. The van der Waals surface area contributed by atoms with Crippen molar-refractivity contribution in [1.82, 2.24) is 5.32 Å². The van der Waals surface area contributed by atoms with Gasteiger partial charge in [0.1, 0.15) is 6.29 Å². The van der Waals surface area contributed by atoms with Gasteiger partial charge in [-0.1, -0.05) is 40.2 Å². The van der Waals surface area contributed by atoms with Crippen LogP contribution in [0.3, 0.4) is 0 Å². The molecule has 1 fully saturated rings. The second-order valence-corrected chi connectivity index (χ2v) is 7.06. The molecule has 4 heteroatoms. The van der Waals surface area contributed by atoms with E-state index >= 15 is 0 Å². The smallest absolute Gasteiger partial charge is 0.224 e. The molecule has 0 bridgehead atoms. The number of fused-ring (bicyclic) bond motifs is 1. The Kier molecular flexibility index (Phi) is 4.77. The van der Waals surface area contributed by atoms with Crippen LogP contribution in [0, 0.1) is 17.8 Å². The van der Waals surface area contributed by atoms with E-state index in [0.717, 1.165) is 30.1 Å². The molecule has 4 atom stereocenters. The number of carbonyl (C=O) groups excluding carboxylic acids is 2. The predicted octanol–water partition coefficient (Wildman–Crippen LogP) is 3.45. The highest BCUT2D eigenvalue weighted by molar-refractivity contribution is 9.10. The zero-order valence-corrected chi connectivity index (χ0v) is 14.0. The number of hydrogen-bond donors (Lipinski definition) is 1. The van der Waals surface area contributed by atoms with Crippen LogP contribution in [0.5, 0.6) is 0 Å². The van der Waals surface area contributed by atoms with Gasteiger partial charge in [0.25, 0.3) is 0 Å². The summed E-state index contributed by atoms with van der Waals surface area (Å²) >= 11 is 3.47. The molecule has 0 saturated carbocycles. The van der Waals surface area contributed by atoms with Crippen LogP contribution in [0.4, 0.5) is 0 Å². The number of allylic oxidation sites excluding steroid dienone is 2. The molecular formula is C18H20BrNO2. The van der Waals surface area contributed by atoms with Crippen molar-refractivity contribution in [3.8, 4) is 0 Å². The van der Waals surface area contributed by atoms with Crippen molar-refractivity contribution in [3.63, 3.8) is 0 Å². The SMILES string of the molecule is O=CCC[C@@H]1C=C[C@H](c2ccc(Br)cc2)[C@H]2CCNC(=O)[C@@H]21. The molecule has 1 saturated heterocycles. The maximum Gasteiger partial charge on any atom is 0.224 e. The summed E-state index contributed by atoms with van der Waals surface area (Å²) < 4.78 is 1.07. The molecule has 1 aliphatic heterocycles. The van der Waals surface area contributed by atoms with E-state index in [2.05, 4.69) is 57.7 Å². The molecule has 22 heavy (non-hydrogen) atoms. The quantitative estimate of drug-likeness (QED) is 0.659. The van der Waals surface area contributed by atoms with Crippen LogP contribution in [0.2, 0.25) is 0 Å².